The van der Waals surface area contributed by atoms with Gasteiger partial charge in [-0.25, -0.2) is 9.97 Å². The minimum Gasteiger partial charge on any atom is -0.292 e. The van der Waals surface area contributed by atoms with Crippen LogP contribution in [-0.4, -0.2) is 19.1 Å². The topological polar surface area (TPSA) is 35.6 Å². The van der Waals surface area contributed by atoms with E-state index in [4.69, 9.17) is 9.97 Å². The van der Waals surface area contributed by atoms with Crippen LogP contribution in [0.3, 0.4) is 0 Å². The Labute approximate surface area is 385 Å². The van der Waals surface area contributed by atoms with Gasteiger partial charge in [0.2, 0.25) is 0 Å². The summed E-state index contributed by atoms with van der Waals surface area (Å²) in [4.78, 5) is 10.4. The quantitative estimate of drug-likeness (QED) is 0.167. The molecule has 314 valence electrons. The Morgan fingerprint density at radius 2 is 0.697 bits per heavy atom. The number of hydrogen-bond donors (Lipinski definition) is 0. The average molecular weight is 847 g/mol. The fraction of sp³-hybridized carbons (Fsp3) is 0.0968. The van der Waals surface area contributed by atoms with Crippen molar-refractivity contribution in [3.05, 3.63) is 229 Å². The largest absolute Gasteiger partial charge is 0.292 e. The highest BCUT2D eigenvalue weighted by atomic mass is 15.1. The number of imidazole rings is 2. The molecule has 0 N–H and O–H groups in total. The standard InChI is InChI=1S/C62H46N4/c1-61(2)51-34-42(39-24-26-41(27-25-39)60-63-55-22-14-15-23-57(55)65(60)45-18-10-6-11-19-45)28-31-47(51)49-37-54-50(38-53(49)61)48-32-29-43(35-52(48)62(54,3)4)44-30-33-58-56(36-44)64-59(40-16-8-5-9-17-40)66(58)46-20-12-7-13-21-46/h5-38H,1-4H3. The van der Waals surface area contributed by atoms with Crippen molar-refractivity contribution in [3.8, 4) is 78.7 Å². The first-order valence-electron chi connectivity index (χ1n) is 23.0. The lowest BCUT2D eigenvalue weighted by atomic mass is 9.79. The van der Waals surface area contributed by atoms with Gasteiger partial charge in [-0.3, -0.25) is 9.13 Å². The van der Waals surface area contributed by atoms with E-state index >= 15 is 0 Å². The van der Waals surface area contributed by atoms with E-state index in [2.05, 4.69) is 243 Å². The van der Waals surface area contributed by atoms with Crippen molar-refractivity contribution in [2.45, 2.75) is 38.5 Å². The summed E-state index contributed by atoms with van der Waals surface area (Å²) < 4.78 is 4.54. The van der Waals surface area contributed by atoms with Crippen molar-refractivity contribution in [3.63, 3.8) is 0 Å². The van der Waals surface area contributed by atoms with Gasteiger partial charge >= 0.3 is 0 Å². The second-order valence-electron chi connectivity index (χ2n) is 19.1. The summed E-state index contributed by atoms with van der Waals surface area (Å²) >= 11 is 0. The molecular formula is C62H46N4. The van der Waals surface area contributed by atoms with Crippen molar-refractivity contribution < 1.29 is 0 Å². The molecule has 0 saturated carbocycles. The Morgan fingerprint density at radius 1 is 0.303 bits per heavy atom. The molecule has 0 bridgehead atoms. The smallest absolute Gasteiger partial charge is 0.145 e. The van der Waals surface area contributed by atoms with Gasteiger partial charge in [0.15, 0.2) is 0 Å². The van der Waals surface area contributed by atoms with E-state index in [1.165, 1.54) is 66.8 Å². The summed E-state index contributed by atoms with van der Waals surface area (Å²) in [5.41, 5.74) is 23.9. The van der Waals surface area contributed by atoms with Crippen LogP contribution >= 0.6 is 0 Å². The van der Waals surface area contributed by atoms with E-state index in [0.717, 1.165) is 56.2 Å². The van der Waals surface area contributed by atoms with Crippen LogP contribution in [0, 0.1) is 0 Å². The van der Waals surface area contributed by atoms with Crippen LogP contribution in [0.15, 0.2) is 206 Å². The van der Waals surface area contributed by atoms with E-state index in [1.807, 2.05) is 0 Å². The molecule has 2 heterocycles. The molecule has 0 spiro atoms. The first-order valence-corrected chi connectivity index (χ1v) is 23.0. The Bertz CT molecular complexity index is 3720. The zero-order chi connectivity index (χ0) is 44.3. The second-order valence-corrected chi connectivity index (χ2v) is 19.1. The number of hydrogen-bond acceptors (Lipinski definition) is 2. The molecule has 2 aliphatic rings. The first kappa shape index (κ1) is 38.4. The molecule has 0 saturated heterocycles. The average Bonchev–Trinajstić information content (AvgIpc) is 4.07. The third-order valence-electron chi connectivity index (χ3n) is 14.6. The summed E-state index contributed by atoms with van der Waals surface area (Å²) in [6.45, 7) is 9.59. The molecule has 4 heteroatoms. The zero-order valence-corrected chi connectivity index (χ0v) is 37.4. The third kappa shape index (κ3) is 5.71. The lowest BCUT2D eigenvalue weighted by molar-refractivity contribution is 0.652. The summed E-state index contributed by atoms with van der Waals surface area (Å²) in [5, 5.41) is 0. The number of fused-ring (bicyclic) bond motifs is 8. The maximum absolute atomic E-state index is 5.26. The highest BCUT2D eigenvalue weighted by Gasteiger charge is 2.42. The summed E-state index contributed by atoms with van der Waals surface area (Å²) in [7, 11) is 0. The summed E-state index contributed by atoms with van der Waals surface area (Å²) in [5.74, 6) is 1.89. The monoisotopic (exact) mass is 846 g/mol. The van der Waals surface area contributed by atoms with Crippen molar-refractivity contribution >= 4 is 22.1 Å². The highest BCUT2D eigenvalue weighted by Crippen LogP contribution is 2.57. The molecule has 0 radical (unpaired) electrons. The van der Waals surface area contributed by atoms with E-state index in [-0.39, 0.29) is 10.8 Å². The molecule has 66 heavy (non-hydrogen) atoms. The molecule has 2 aliphatic carbocycles. The van der Waals surface area contributed by atoms with Crippen LogP contribution in [0.5, 0.6) is 0 Å². The Kier molecular flexibility index (Phi) is 8.26. The summed E-state index contributed by atoms with van der Waals surface area (Å²) in [6.07, 6.45) is 0. The second kappa shape index (κ2) is 14.2. The van der Waals surface area contributed by atoms with Crippen molar-refractivity contribution in [1.82, 2.24) is 19.1 Å². The van der Waals surface area contributed by atoms with E-state index in [9.17, 15) is 0 Å². The van der Waals surface area contributed by atoms with Crippen molar-refractivity contribution in [2.24, 2.45) is 0 Å². The van der Waals surface area contributed by atoms with Gasteiger partial charge < -0.3 is 0 Å². The van der Waals surface area contributed by atoms with Gasteiger partial charge in [0, 0.05) is 33.3 Å². The predicted molar refractivity (Wildman–Crippen MR) is 273 cm³/mol. The number of rotatable bonds is 6. The van der Waals surface area contributed by atoms with Crippen LogP contribution in [0.4, 0.5) is 0 Å². The molecule has 0 unspecified atom stereocenters. The first-order chi connectivity index (χ1) is 32.2. The third-order valence-corrected chi connectivity index (χ3v) is 14.6. The Balaban J connectivity index is 0.834. The minimum atomic E-state index is -0.176. The van der Waals surface area contributed by atoms with Crippen LogP contribution in [0.2, 0.25) is 0 Å². The minimum absolute atomic E-state index is 0.166. The van der Waals surface area contributed by atoms with Gasteiger partial charge in [-0.15, -0.1) is 0 Å². The van der Waals surface area contributed by atoms with Gasteiger partial charge in [-0.2, -0.15) is 0 Å². The van der Waals surface area contributed by atoms with Crippen LogP contribution in [0.1, 0.15) is 49.9 Å². The normalized spacial score (nSPS) is 14.0. The van der Waals surface area contributed by atoms with E-state index in [0.29, 0.717) is 0 Å². The molecule has 11 aromatic rings. The molecule has 0 atom stereocenters. The molecule has 0 aliphatic heterocycles. The molecule has 2 aromatic heterocycles. The van der Waals surface area contributed by atoms with Crippen molar-refractivity contribution in [1.29, 1.82) is 0 Å². The van der Waals surface area contributed by atoms with Gasteiger partial charge in [0.1, 0.15) is 11.6 Å². The van der Waals surface area contributed by atoms with Gasteiger partial charge in [0.05, 0.1) is 22.1 Å². The van der Waals surface area contributed by atoms with Gasteiger partial charge in [-0.05, 0) is 140 Å². The lowest BCUT2D eigenvalue weighted by Crippen LogP contribution is -2.17. The summed E-state index contributed by atoms with van der Waals surface area (Å²) in [6, 6.07) is 74.9. The van der Waals surface area contributed by atoms with Gasteiger partial charge in [0.25, 0.3) is 0 Å². The highest BCUT2D eigenvalue weighted by molar-refractivity contribution is 5.93. The fourth-order valence-electron chi connectivity index (χ4n) is 11.1. The number of para-hydroxylation sites is 4. The maximum atomic E-state index is 5.26. The van der Waals surface area contributed by atoms with Gasteiger partial charge in [-0.1, -0.05) is 161 Å². The fourth-order valence-corrected chi connectivity index (χ4v) is 11.1. The van der Waals surface area contributed by atoms with Crippen LogP contribution < -0.4 is 0 Å². The number of benzene rings is 9. The zero-order valence-electron chi connectivity index (χ0n) is 37.4. The van der Waals surface area contributed by atoms with Crippen LogP contribution in [0.25, 0.3) is 101 Å². The maximum Gasteiger partial charge on any atom is 0.145 e. The molecule has 9 aromatic carbocycles. The molecular weight excluding hydrogens is 801 g/mol. The molecule has 4 nitrogen and oxygen atoms in total. The van der Waals surface area contributed by atoms with Crippen molar-refractivity contribution in [2.75, 3.05) is 0 Å². The Hall–Kier alpha value is -8.08. The van der Waals surface area contributed by atoms with E-state index < -0.39 is 0 Å². The SMILES string of the molecule is CC1(C)c2cc(-c3ccc(-c4nc5ccccc5n4-c4ccccc4)cc3)ccc2-c2cc3c(cc21)-c1ccc(-c2ccc4c(c2)nc(-c2ccccc2)n4-c2ccccc2)cc1C3(C)C. The number of aromatic nitrogens is 4. The number of nitrogens with zero attached hydrogens (tertiary/aromatic N) is 4. The molecule has 0 amide bonds. The van der Waals surface area contributed by atoms with E-state index in [1.54, 1.807) is 0 Å². The van der Waals surface area contributed by atoms with Crippen LogP contribution in [-0.2, 0) is 10.8 Å². The lowest BCUT2D eigenvalue weighted by Gasteiger charge is -2.24. The molecule has 0 fully saturated rings. The Morgan fingerprint density at radius 3 is 1.27 bits per heavy atom. The molecule has 13 rings (SSSR count). The predicted octanol–water partition coefficient (Wildman–Crippen LogP) is 15.6.